The molecule has 2 fully saturated rings. The Kier molecular flexibility index (Phi) is 4.66. The van der Waals surface area contributed by atoms with Crippen LogP contribution in [0.25, 0.3) is 0 Å². The van der Waals surface area contributed by atoms with Crippen molar-refractivity contribution in [2.24, 2.45) is 5.92 Å². The molecular formula is C12H24O2Si. The van der Waals surface area contributed by atoms with Crippen LogP contribution in [-0.4, -0.2) is 28.5 Å². The Balaban J connectivity index is 1.78. The van der Waals surface area contributed by atoms with E-state index in [-0.39, 0.29) is 0 Å². The Morgan fingerprint density at radius 2 is 1.93 bits per heavy atom. The van der Waals surface area contributed by atoms with Crippen LogP contribution in [0.4, 0.5) is 0 Å². The fourth-order valence-electron chi connectivity index (χ4n) is 3.05. The lowest BCUT2D eigenvalue weighted by Crippen LogP contribution is -2.34. The first kappa shape index (κ1) is 11.6. The highest BCUT2D eigenvalue weighted by Gasteiger charge is 2.30. The van der Waals surface area contributed by atoms with Gasteiger partial charge in [0, 0.05) is 13.7 Å². The SMILES string of the molecule is CO[SiH](CC1CCCCC1)C1CCCO1. The van der Waals surface area contributed by atoms with Gasteiger partial charge in [0.1, 0.15) is 0 Å². The molecule has 15 heavy (non-hydrogen) atoms. The molecule has 1 aliphatic heterocycles. The van der Waals surface area contributed by atoms with Crippen molar-refractivity contribution in [2.45, 2.75) is 56.7 Å². The van der Waals surface area contributed by atoms with Gasteiger partial charge in [0.25, 0.3) is 0 Å². The molecule has 2 unspecified atom stereocenters. The summed E-state index contributed by atoms with van der Waals surface area (Å²) < 4.78 is 11.5. The van der Waals surface area contributed by atoms with Crippen LogP contribution in [0.3, 0.4) is 0 Å². The van der Waals surface area contributed by atoms with Gasteiger partial charge in [-0.2, -0.15) is 0 Å². The Bertz CT molecular complexity index is 174. The third kappa shape index (κ3) is 3.30. The van der Waals surface area contributed by atoms with E-state index in [9.17, 15) is 0 Å². The fourth-order valence-corrected chi connectivity index (χ4v) is 5.93. The summed E-state index contributed by atoms with van der Waals surface area (Å²) in [4.78, 5) is 0. The fraction of sp³-hybridized carbons (Fsp3) is 1.00. The van der Waals surface area contributed by atoms with Gasteiger partial charge in [0.05, 0.1) is 5.73 Å². The van der Waals surface area contributed by atoms with Gasteiger partial charge in [-0.1, -0.05) is 32.1 Å². The monoisotopic (exact) mass is 228 g/mol. The molecule has 2 atom stereocenters. The lowest BCUT2D eigenvalue weighted by molar-refractivity contribution is 0.145. The molecule has 0 spiro atoms. The van der Waals surface area contributed by atoms with E-state index in [4.69, 9.17) is 9.16 Å². The predicted molar refractivity (Wildman–Crippen MR) is 64.5 cm³/mol. The van der Waals surface area contributed by atoms with Crippen molar-refractivity contribution >= 4 is 9.04 Å². The highest BCUT2D eigenvalue weighted by molar-refractivity contribution is 6.53. The largest absolute Gasteiger partial charge is 0.421 e. The first-order valence-corrected chi connectivity index (χ1v) is 8.50. The molecule has 1 heterocycles. The van der Waals surface area contributed by atoms with Gasteiger partial charge < -0.3 is 9.16 Å². The molecule has 0 amide bonds. The molecule has 1 saturated heterocycles. The molecule has 0 radical (unpaired) electrons. The predicted octanol–water partition coefficient (Wildman–Crippen LogP) is 2.66. The number of hydrogen-bond acceptors (Lipinski definition) is 2. The Labute approximate surface area is 95.1 Å². The van der Waals surface area contributed by atoms with E-state index in [1.54, 1.807) is 0 Å². The first-order chi connectivity index (χ1) is 7.40. The zero-order valence-electron chi connectivity index (χ0n) is 9.91. The van der Waals surface area contributed by atoms with Crippen molar-refractivity contribution in [3.05, 3.63) is 0 Å². The number of ether oxygens (including phenoxy) is 1. The van der Waals surface area contributed by atoms with Crippen molar-refractivity contribution in [1.29, 1.82) is 0 Å². The van der Waals surface area contributed by atoms with Crippen LogP contribution >= 0.6 is 0 Å². The van der Waals surface area contributed by atoms with Gasteiger partial charge >= 0.3 is 0 Å². The van der Waals surface area contributed by atoms with Crippen molar-refractivity contribution in [3.63, 3.8) is 0 Å². The summed E-state index contributed by atoms with van der Waals surface area (Å²) in [5, 5.41) is 0. The third-order valence-electron chi connectivity index (χ3n) is 3.97. The highest BCUT2D eigenvalue weighted by Crippen LogP contribution is 2.30. The van der Waals surface area contributed by atoms with Crippen molar-refractivity contribution in [2.75, 3.05) is 13.7 Å². The molecule has 0 bridgehead atoms. The molecule has 0 N–H and O–H groups in total. The van der Waals surface area contributed by atoms with E-state index in [1.807, 2.05) is 7.11 Å². The lowest BCUT2D eigenvalue weighted by atomic mass is 9.91. The molecule has 2 nitrogen and oxygen atoms in total. The van der Waals surface area contributed by atoms with E-state index in [1.165, 1.54) is 51.0 Å². The molecule has 1 aliphatic carbocycles. The van der Waals surface area contributed by atoms with Crippen LogP contribution in [0, 0.1) is 5.92 Å². The normalized spacial score (nSPS) is 30.6. The number of hydrogen-bond donors (Lipinski definition) is 0. The topological polar surface area (TPSA) is 18.5 Å². The maximum atomic E-state index is 5.78. The first-order valence-electron chi connectivity index (χ1n) is 6.54. The van der Waals surface area contributed by atoms with E-state index in [2.05, 4.69) is 0 Å². The lowest BCUT2D eigenvalue weighted by Gasteiger charge is -2.27. The van der Waals surface area contributed by atoms with Crippen LogP contribution in [0.2, 0.25) is 6.04 Å². The van der Waals surface area contributed by atoms with E-state index >= 15 is 0 Å². The minimum Gasteiger partial charge on any atom is -0.421 e. The highest BCUT2D eigenvalue weighted by atomic mass is 28.3. The smallest absolute Gasteiger partial charge is 0.205 e. The standard InChI is InChI=1S/C12H24O2Si/c1-13-15(12-8-5-9-14-12)10-11-6-3-2-4-7-11/h11-12,15H,2-10H2,1H3. The maximum Gasteiger partial charge on any atom is 0.205 e. The van der Waals surface area contributed by atoms with Crippen LogP contribution in [0.1, 0.15) is 44.9 Å². The van der Waals surface area contributed by atoms with Crippen molar-refractivity contribution in [3.8, 4) is 0 Å². The summed E-state index contributed by atoms with van der Waals surface area (Å²) in [5.41, 5.74) is 0.525. The molecular weight excluding hydrogens is 204 g/mol. The molecule has 88 valence electrons. The van der Waals surface area contributed by atoms with Crippen LogP contribution < -0.4 is 0 Å². The molecule has 2 aliphatic rings. The molecule has 2 rings (SSSR count). The van der Waals surface area contributed by atoms with Gasteiger partial charge in [-0.3, -0.25) is 0 Å². The average Bonchev–Trinajstić information content (AvgIpc) is 2.81. The van der Waals surface area contributed by atoms with Crippen LogP contribution in [0.15, 0.2) is 0 Å². The third-order valence-corrected chi connectivity index (χ3v) is 7.06. The number of rotatable bonds is 4. The summed E-state index contributed by atoms with van der Waals surface area (Å²) in [5.74, 6) is 0.958. The Morgan fingerprint density at radius 1 is 1.13 bits per heavy atom. The average molecular weight is 228 g/mol. The molecule has 0 aromatic carbocycles. The van der Waals surface area contributed by atoms with Gasteiger partial charge in [0.15, 0.2) is 0 Å². The summed E-state index contributed by atoms with van der Waals surface area (Å²) in [6, 6.07) is 1.36. The Hall–Kier alpha value is 0.137. The summed E-state index contributed by atoms with van der Waals surface area (Å²) >= 11 is 0. The summed E-state index contributed by atoms with van der Waals surface area (Å²) in [6.07, 6.45) is 9.75. The van der Waals surface area contributed by atoms with E-state index in [0.717, 1.165) is 12.5 Å². The second kappa shape index (κ2) is 6.02. The molecule has 0 aromatic heterocycles. The molecule has 3 heteroatoms. The minimum absolute atomic E-state index is 0.525. The second-order valence-electron chi connectivity index (χ2n) is 5.07. The zero-order valence-corrected chi connectivity index (χ0v) is 11.1. The molecule has 1 saturated carbocycles. The molecule has 0 aromatic rings. The Morgan fingerprint density at radius 3 is 2.53 bits per heavy atom. The summed E-state index contributed by atoms with van der Waals surface area (Å²) in [7, 11) is 0.843. The second-order valence-corrected chi connectivity index (χ2v) is 7.83. The van der Waals surface area contributed by atoms with Crippen molar-refractivity contribution < 1.29 is 9.16 Å². The van der Waals surface area contributed by atoms with Crippen LogP contribution in [0.5, 0.6) is 0 Å². The minimum atomic E-state index is -1.06. The van der Waals surface area contributed by atoms with Gasteiger partial charge in [0.2, 0.25) is 9.04 Å². The maximum absolute atomic E-state index is 5.78. The van der Waals surface area contributed by atoms with E-state index in [0.29, 0.717) is 5.73 Å². The van der Waals surface area contributed by atoms with Crippen LogP contribution in [-0.2, 0) is 9.16 Å². The summed E-state index contributed by atoms with van der Waals surface area (Å²) in [6.45, 7) is 0.974. The zero-order chi connectivity index (χ0) is 10.5. The van der Waals surface area contributed by atoms with Crippen molar-refractivity contribution in [1.82, 2.24) is 0 Å². The van der Waals surface area contributed by atoms with Gasteiger partial charge in [-0.05, 0) is 24.8 Å². The van der Waals surface area contributed by atoms with E-state index < -0.39 is 9.04 Å². The van der Waals surface area contributed by atoms with Gasteiger partial charge in [-0.15, -0.1) is 0 Å². The van der Waals surface area contributed by atoms with Gasteiger partial charge in [-0.25, -0.2) is 0 Å². The quantitative estimate of drug-likeness (QED) is 0.689.